The molecule has 2 aromatic rings. The number of nitrogens with two attached hydrogens (primary N) is 1. The highest BCUT2D eigenvalue weighted by molar-refractivity contribution is 5.99. The van der Waals surface area contributed by atoms with E-state index < -0.39 is 0 Å². The lowest BCUT2D eigenvalue weighted by Gasteiger charge is -2.30. The smallest absolute Gasteiger partial charge is 0.274 e. The Balaban J connectivity index is 1.93. The second-order valence-corrected chi connectivity index (χ2v) is 7.46. The highest BCUT2D eigenvalue weighted by Gasteiger charge is 2.30. The summed E-state index contributed by atoms with van der Waals surface area (Å²) in [4.78, 5) is 30.7. The van der Waals surface area contributed by atoms with Crippen LogP contribution in [0.5, 0.6) is 0 Å². The molecule has 0 atom stereocenters. The van der Waals surface area contributed by atoms with Gasteiger partial charge in [-0.15, -0.1) is 0 Å². The quantitative estimate of drug-likeness (QED) is 0.915. The number of amides is 2. The van der Waals surface area contributed by atoms with Gasteiger partial charge in [-0.25, -0.2) is 4.98 Å². The molecule has 0 bridgehead atoms. The molecule has 1 aliphatic heterocycles. The molecule has 2 aromatic heterocycles. The van der Waals surface area contributed by atoms with E-state index in [-0.39, 0.29) is 23.1 Å². The van der Waals surface area contributed by atoms with Crippen LogP contribution < -0.4 is 5.73 Å². The minimum Gasteiger partial charge on any atom is -0.369 e. The van der Waals surface area contributed by atoms with Crippen molar-refractivity contribution in [1.82, 2.24) is 14.3 Å². The lowest BCUT2D eigenvalue weighted by atomic mass is 9.96. The van der Waals surface area contributed by atoms with Crippen molar-refractivity contribution in [2.24, 2.45) is 11.7 Å². The zero-order valence-electron chi connectivity index (χ0n) is 14.5. The molecule has 0 saturated carbocycles. The number of piperidine rings is 1. The number of imidazole rings is 1. The first-order valence-corrected chi connectivity index (χ1v) is 8.35. The summed E-state index contributed by atoms with van der Waals surface area (Å²) in [5.74, 6) is 0.396. The van der Waals surface area contributed by atoms with Crippen LogP contribution in [0.15, 0.2) is 24.4 Å². The van der Waals surface area contributed by atoms with Crippen LogP contribution in [0.1, 0.15) is 49.9 Å². The van der Waals surface area contributed by atoms with Crippen LogP contribution in [0.25, 0.3) is 5.52 Å². The Hall–Kier alpha value is -2.37. The van der Waals surface area contributed by atoms with Crippen molar-refractivity contribution in [2.75, 3.05) is 13.1 Å². The Morgan fingerprint density at radius 3 is 2.46 bits per heavy atom. The number of fused-ring (bicyclic) bond motifs is 1. The fourth-order valence-electron chi connectivity index (χ4n) is 3.24. The first-order chi connectivity index (χ1) is 11.3. The Labute approximate surface area is 141 Å². The summed E-state index contributed by atoms with van der Waals surface area (Å²) in [6.07, 6.45) is 3.19. The van der Waals surface area contributed by atoms with Crippen LogP contribution in [-0.2, 0) is 10.2 Å². The monoisotopic (exact) mass is 328 g/mol. The summed E-state index contributed by atoms with van der Waals surface area (Å²) in [6.45, 7) is 7.34. The van der Waals surface area contributed by atoms with Gasteiger partial charge >= 0.3 is 0 Å². The third-order valence-corrected chi connectivity index (χ3v) is 4.61. The molecule has 0 unspecified atom stereocenters. The number of hydrogen-bond acceptors (Lipinski definition) is 3. The number of pyridine rings is 1. The molecule has 3 heterocycles. The molecular weight excluding hydrogens is 304 g/mol. The average molecular weight is 328 g/mol. The largest absolute Gasteiger partial charge is 0.369 e. The Morgan fingerprint density at radius 1 is 1.21 bits per heavy atom. The summed E-state index contributed by atoms with van der Waals surface area (Å²) in [7, 11) is 0. The fraction of sp³-hybridized carbons (Fsp3) is 0.500. The van der Waals surface area contributed by atoms with E-state index in [0.29, 0.717) is 31.6 Å². The summed E-state index contributed by atoms with van der Waals surface area (Å²) < 4.78 is 1.99. The first kappa shape index (κ1) is 16.5. The standard InChI is InChI=1S/C18H24N4O2/c1-18(2,3)17-20-14(13-6-4-5-9-22(13)17)16(24)21-10-7-12(8-11-21)15(19)23/h4-6,9,12H,7-8,10-11H2,1-3H3,(H2,19,23). The van der Waals surface area contributed by atoms with Crippen molar-refractivity contribution in [3.05, 3.63) is 35.9 Å². The normalized spacial score (nSPS) is 16.5. The second-order valence-electron chi connectivity index (χ2n) is 7.46. The van der Waals surface area contributed by atoms with E-state index >= 15 is 0 Å². The zero-order valence-corrected chi connectivity index (χ0v) is 14.5. The number of primary amides is 1. The van der Waals surface area contributed by atoms with Gasteiger partial charge in [0.2, 0.25) is 5.91 Å². The van der Waals surface area contributed by atoms with Crippen molar-refractivity contribution in [1.29, 1.82) is 0 Å². The Kier molecular flexibility index (Phi) is 4.07. The maximum Gasteiger partial charge on any atom is 0.274 e. The van der Waals surface area contributed by atoms with E-state index in [4.69, 9.17) is 5.73 Å². The van der Waals surface area contributed by atoms with E-state index in [1.54, 1.807) is 4.90 Å². The van der Waals surface area contributed by atoms with Gasteiger partial charge in [-0.05, 0) is 25.0 Å². The number of carbonyl (C=O) groups is 2. The van der Waals surface area contributed by atoms with Gasteiger partial charge in [0.05, 0.1) is 5.52 Å². The van der Waals surface area contributed by atoms with E-state index in [2.05, 4.69) is 25.8 Å². The van der Waals surface area contributed by atoms with Crippen molar-refractivity contribution in [3.63, 3.8) is 0 Å². The molecule has 24 heavy (non-hydrogen) atoms. The van der Waals surface area contributed by atoms with Crippen molar-refractivity contribution >= 4 is 17.3 Å². The lowest BCUT2D eigenvalue weighted by Crippen LogP contribution is -2.41. The third-order valence-electron chi connectivity index (χ3n) is 4.61. The molecule has 1 saturated heterocycles. The van der Waals surface area contributed by atoms with Gasteiger partial charge in [0.1, 0.15) is 5.82 Å². The van der Waals surface area contributed by atoms with Crippen molar-refractivity contribution in [3.8, 4) is 0 Å². The van der Waals surface area contributed by atoms with Gasteiger partial charge in [0.15, 0.2) is 5.69 Å². The van der Waals surface area contributed by atoms with Gasteiger partial charge in [-0.1, -0.05) is 26.8 Å². The van der Waals surface area contributed by atoms with Gasteiger partial charge in [0.25, 0.3) is 5.91 Å². The predicted octanol–water partition coefficient (Wildman–Crippen LogP) is 1.97. The summed E-state index contributed by atoms with van der Waals surface area (Å²) in [5, 5.41) is 0. The molecule has 3 rings (SSSR count). The van der Waals surface area contributed by atoms with Crippen molar-refractivity contribution in [2.45, 2.75) is 39.0 Å². The van der Waals surface area contributed by atoms with Crippen LogP contribution in [0.4, 0.5) is 0 Å². The Morgan fingerprint density at radius 2 is 1.88 bits per heavy atom. The number of carbonyl (C=O) groups excluding carboxylic acids is 2. The fourth-order valence-corrected chi connectivity index (χ4v) is 3.24. The molecule has 2 amide bonds. The molecule has 2 N–H and O–H groups in total. The van der Waals surface area contributed by atoms with Crippen LogP contribution in [0, 0.1) is 5.92 Å². The van der Waals surface area contributed by atoms with Crippen molar-refractivity contribution < 1.29 is 9.59 Å². The maximum atomic E-state index is 13.0. The first-order valence-electron chi connectivity index (χ1n) is 8.35. The average Bonchev–Trinajstić information content (AvgIpc) is 2.94. The van der Waals surface area contributed by atoms with Gasteiger partial charge in [0, 0.05) is 30.6 Å². The Bertz CT molecular complexity index is 780. The topological polar surface area (TPSA) is 80.7 Å². The summed E-state index contributed by atoms with van der Waals surface area (Å²) in [6, 6.07) is 5.78. The second kappa shape index (κ2) is 5.92. The van der Waals surface area contributed by atoms with Gasteiger partial charge < -0.3 is 15.0 Å². The minimum atomic E-state index is -0.274. The van der Waals surface area contributed by atoms with E-state index in [1.807, 2.05) is 28.8 Å². The van der Waals surface area contributed by atoms with E-state index in [0.717, 1.165) is 11.3 Å². The molecule has 1 aliphatic rings. The molecule has 6 nitrogen and oxygen atoms in total. The number of hydrogen-bond donors (Lipinski definition) is 1. The van der Waals surface area contributed by atoms with Gasteiger partial charge in [-0.3, -0.25) is 9.59 Å². The number of nitrogens with zero attached hydrogens (tertiary/aromatic N) is 3. The minimum absolute atomic E-state index is 0.0721. The summed E-state index contributed by atoms with van der Waals surface area (Å²) >= 11 is 0. The molecule has 1 fully saturated rings. The molecule has 0 aromatic carbocycles. The summed E-state index contributed by atoms with van der Waals surface area (Å²) in [5.41, 5.74) is 6.51. The highest BCUT2D eigenvalue weighted by atomic mass is 16.2. The van der Waals surface area contributed by atoms with Crippen LogP contribution >= 0.6 is 0 Å². The van der Waals surface area contributed by atoms with Crippen LogP contribution in [0.2, 0.25) is 0 Å². The van der Waals surface area contributed by atoms with Crippen LogP contribution in [-0.4, -0.2) is 39.2 Å². The molecular formula is C18H24N4O2. The molecule has 128 valence electrons. The molecule has 0 radical (unpaired) electrons. The molecule has 0 spiro atoms. The van der Waals surface area contributed by atoms with E-state index in [9.17, 15) is 9.59 Å². The third kappa shape index (κ3) is 2.88. The number of rotatable bonds is 2. The predicted molar refractivity (Wildman–Crippen MR) is 91.7 cm³/mol. The SMILES string of the molecule is CC(C)(C)c1nc(C(=O)N2CCC(C(N)=O)CC2)c2ccccn12. The lowest BCUT2D eigenvalue weighted by molar-refractivity contribution is -0.123. The maximum absolute atomic E-state index is 13.0. The molecule has 0 aliphatic carbocycles. The van der Waals surface area contributed by atoms with Gasteiger partial charge in [-0.2, -0.15) is 0 Å². The van der Waals surface area contributed by atoms with Crippen LogP contribution in [0.3, 0.4) is 0 Å². The highest BCUT2D eigenvalue weighted by Crippen LogP contribution is 2.26. The zero-order chi connectivity index (χ0) is 17.5. The number of aromatic nitrogens is 2. The van der Waals surface area contributed by atoms with E-state index in [1.165, 1.54) is 0 Å². The molecule has 6 heteroatoms. The number of likely N-dealkylation sites (tertiary alicyclic amines) is 1.